The lowest BCUT2D eigenvalue weighted by atomic mass is 10.0. The summed E-state index contributed by atoms with van der Waals surface area (Å²) < 4.78 is 0. The van der Waals surface area contributed by atoms with E-state index < -0.39 is 6.04 Å². The van der Waals surface area contributed by atoms with E-state index in [2.05, 4.69) is 12.2 Å². The average molecular weight is 371 g/mol. The number of rotatable bonds is 9. The fourth-order valence-corrected chi connectivity index (χ4v) is 3.71. The van der Waals surface area contributed by atoms with Gasteiger partial charge in [0.25, 0.3) is 5.91 Å². The number of hydrogen-bond acceptors (Lipinski definition) is 3. The third kappa shape index (κ3) is 5.18. The molecule has 5 heteroatoms. The van der Waals surface area contributed by atoms with Gasteiger partial charge < -0.3 is 10.2 Å². The second-order valence-electron chi connectivity index (χ2n) is 6.92. The summed E-state index contributed by atoms with van der Waals surface area (Å²) in [5.74, 6) is 0.500. The maximum absolute atomic E-state index is 13.2. The minimum Gasteiger partial charge on any atom is -0.341 e. The van der Waals surface area contributed by atoms with Gasteiger partial charge in [0, 0.05) is 19.5 Å². The van der Waals surface area contributed by atoms with E-state index in [-0.39, 0.29) is 11.8 Å². The number of hydrogen-bond donors (Lipinski definition) is 1. The second kappa shape index (κ2) is 8.99. The van der Waals surface area contributed by atoms with Crippen molar-refractivity contribution in [1.29, 1.82) is 0 Å². The molecule has 0 saturated heterocycles. The van der Waals surface area contributed by atoms with Crippen LogP contribution in [0.1, 0.15) is 41.4 Å². The van der Waals surface area contributed by atoms with Gasteiger partial charge in [0.1, 0.15) is 6.04 Å². The lowest BCUT2D eigenvalue weighted by molar-refractivity contribution is -0.133. The predicted molar refractivity (Wildman–Crippen MR) is 105 cm³/mol. The molecule has 0 bridgehead atoms. The zero-order chi connectivity index (χ0) is 18.4. The lowest BCUT2D eigenvalue weighted by Gasteiger charge is -2.28. The number of carbonyl (C=O) groups excluding carboxylic acids is 2. The van der Waals surface area contributed by atoms with E-state index in [1.807, 2.05) is 46.7 Å². The van der Waals surface area contributed by atoms with E-state index in [0.717, 1.165) is 25.1 Å². The smallest absolute Gasteiger partial charge is 0.262 e. The van der Waals surface area contributed by atoms with Crippen molar-refractivity contribution in [2.75, 3.05) is 13.1 Å². The second-order valence-corrected chi connectivity index (χ2v) is 7.87. The number of carbonyl (C=O) groups is 2. The van der Waals surface area contributed by atoms with Gasteiger partial charge in [0.2, 0.25) is 5.91 Å². The maximum Gasteiger partial charge on any atom is 0.262 e. The molecule has 2 aromatic rings. The Morgan fingerprint density at radius 1 is 1.19 bits per heavy atom. The topological polar surface area (TPSA) is 49.4 Å². The van der Waals surface area contributed by atoms with E-state index in [0.29, 0.717) is 17.2 Å². The summed E-state index contributed by atoms with van der Waals surface area (Å²) in [6.45, 7) is 3.64. The Hall–Kier alpha value is -2.14. The first kappa shape index (κ1) is 18.6. The first-order valence-corrected chi connectivity index (χ1v) is 10.2. The molecule has 0 spiro atoms. The Morgan fingerprint density at radius 3 is 2.58 bits per heavy atom. The predicted octanol–water partition coefficient (Wildman–Crippen LogP) is 3.74. The van der Waals surface area contributed by atoms with Crippen LogP contribution in [0.4, 0.5) is 0 Å². The number of amides is 2. The third-order valence-corrected chi connectivity index (χ3v) is 5.48. The van der Waals surface area contributed by atoms with Crippen molar-refractivity contribution in [3.05, 3.63) is 58.3 Å². The van der Waals surface area contributed by atoms with Crippen molar-refractivity contribution in [2.45, 2.75) is 38.6 Å². The van der Waals surface area contributed by atoms with E-state index in [1.54, 1.807) is 6.07 Å². The number of benzene rings is 1. The van der Waals surface area contributed by atoms with Gasteiger partial charge in [-0.2, -0.15) is 0 Å². The fourth-order valence-electron chi connectivity index (χ4n) is 3.08. The van der Waals surface area contributed by atoms with Gasteiger partial charge in [-0.05, 0) is 42.2 Å². The van der Waals surface area contributed by atoms with Crippen molar-refractivity contribution < 1.29 is 9.59 Å². The first-order valence-electron chi connectivity index (χ1n) is 9.34. The Morgan fingerprint density at radius 2 is 1.96 bits per heavy atom. The summed E-state index contributed by atoms with van der Waals surface area (Å²) >= 11 is 1.39. The normalized spacial score (nSPS) is 14.7. The van der Waals surface area contributed by atoms with Crippen LogP contribution in [0.3, 0.4) is 0 Å². The van der Waals surface area contributed by atoms with Crippen LogP contribution in [0.25, 0.3) is 0 Å². The Labute approximate surface area is 159 Å². The summed E-state index contributed by atoms with van der Waals surface area (Å²) in [7, 11) is 0. The molecule has 3 rings (SSSR count). The minimum absolute atomic E-state index is 0.0347. The standard InChI is InChI=1S/C21H26N2O2S/c1-2-12-23(15-17-10-11-17)21(25)18(14-16-7-4-3-5-8-16)22-20(24)19-9-6-13-26-19/h3-9,13,17-18H,2,10-12,14-15H2,1H3,(H,22,24). The summed E-state index contributed by atoms with van der Waals surface area (Å²) in [5.41, 5.74) is 1.06. The summed E-state index contributed by atoms with van der Waals surface area (Å²) in [5, 5.41) is 4.85. The number of nitrogens with zero attached hydrogens (tertiary/aromatic N) is 1. The van der Waals surface area contributed by atoms with Gasteiger partial charge in [0.15, 0.2) is 0 Å². The van der Waals surface area contributed by atoms with Crippen LogP contribution in [-0.2, 0) is 11.2 Å². The largest absolute Gasteiger partial charge is 0.341 e. The Kier molecular flexibility index (Phi) is 6.45. The van der Waals surface area contributed by atoms with Crippen LogP contribution < -0.4 is 5.32 Å². The zero-order valence-corrected chi connectivity index (χ0v) is 16.0. The Balaban J connectivity index is 1.75. The molecule has 1 aliphatic carbocycles. The van der Waals surface area contributed by atoms with E-state index >= 15 is 0 Å². The summed E-state index contributed by atoms with van der Waals surface area (Å²) in [6, 6.07) is 13.0. The fraction of sp³-hybridized carbons (Fsp3) is 0.429. The van der Waals surface area contributed by atoms with E-state index in [9.17, 15) is 9.59 Å². The highest BCUT2D eigenvalue weighted by molar-refractivity contribution is 7.12. The molecule has 1 aromatic heterocycles. The molecule has 1 aromatic carbocycles. The van der Waals surface area contributed by atoms with Crippen molar-refractivity contribution in [3.8, 4) is 0 Å². The highest BCUT2D eigenvalue weighted by Crippen LogP contribution is 2.30. The molecule has 0 radical (unpaired) electrons. The van der Waals surface area contributed by atoms with Gasteiger partial charge in [-0.3, -0.25) is 9.59 Å². The molecule has 1 atom stereocenters. The van der Waals surface area contributed by atoms with E-state index in [1.165, 1.54) is 24.2 Å². The van der Waals surface area contributed by atoms with E-state index in [4.69, 9.17) is 0 Å². The van der Waals surface area contributed by atoms with Crippen molar-refractivity contribution >= 4 is 23.2 Å². The average Bonchev–Trinajstić information content (AvgIpc) is 3.30. The minimum atomic E-state index is -0.530. The van der Waals surface area contributed by atoms with Crippen molar-refractivity contribution in [1.82, 2.24) is 10.2 Å². The van der Waals surface area contributed by atoms with Crippen LogP contribution in [0.15, 0.2) is 47.8 Å². The molecule has 1 saturated carbocycles. The van der Waals surface area contributed by atoms with Gasteiger partial charge in [0.05, 0.1) is 4.88 Å². The molecular formula is C21H26N2O2S. The number of thiophene rings is 1. The monoisotopic (exact) mass is 370 g/mol. The van der Waals surface area contributed by atoms with Gasteiger partial charge >= 0.3 is 0 Å². The highest BCUT2D eigenvalue weighted by Gasteiger charge is 2.31. The number of nitrogens with one attached hydrogen (secondary N) is 1. The molecular weight excluding hydrogens is 344 g/mol. The van der Waals surface area contributed by atoms with Crippen molar-refractivity contribution in [2.24, 2.45) is 5.92 Å². The third-order valence-electron chi connectivity index (χ3n) is 4.61. The molecule has 1 N–H and O–H groups in total. The van der Waals surface area contributed by atoms with Gasteiger partial charge in [-0.1, -0.05) is 43.3 Å². The van der Waals surface area contributed by atoms with Crippen molar-refractivity contribution in [3.63, 3.8) is 0 Å². The SMILES string of the molecule is CCCN(CC1CC1)C(=O)C(Cc1ccccc1)NC(=O)c1cccs1. The molecule has 1 aliphatic rings. The molecule has 1 fully saturated rings. The van der Waals surface area contributed by atoms with Crippen LogP contribution in [0.5, 0.6) is 0 Å². The van der Waals surface area contributed by atoms with Crippen LogP contribution in [-0.4, -0.2) is 35.8 Å². The quantitative estimate of drug-likeness (QED) is 0.731. The molecule has 138 valence electrons. The summed E-state index contributed by atoms with van der Waals surface area (Å²) in [6.07, 6.45) is 3.86. The van der Waals surface area contributed by atoms with Crippen LogP contribution >= 0.6 is 11.3 Å². The zero-order valence-electron chi connectivity index (χ0n) is 15.2. The lowest BCUT2D eigenvalue weighted by Crippen LogP contribution is -2.50. The molecule has 2 amide bonds. The molecule has 1 unspecified atom stereocenters. The molecule has 4 nitrogen and oxygen atoms in total. The molecule has 26 heavy (non-hydrogen) atoms. The van der Waals surface area contributed by atoms with Gasteiger partial charge in [-0.15, -0.1) is 11.3 Å². The molecule has 0 aliphatic heterocycles. The maximum atomic E-state index is 13.2. The van der Waals surface area contributed by atoms with Gasteiger partial charge in [-0.25, -0.2) is 0 Å². The molecule has 1 heterocycles. The first-order chi connectivity index (χ1) is 12.7. The highest BCUT2D eigenvalue weighted by atomic mass is 32.1. The summed E-state index contributed by atoms with van der Waals surface area (Å²) in [4.78, 5) is 28.4. The van der Waals surface area contributed by atoms with Crippen LogP contribution in [0.2, 0.25) is 0 Å². The Bertz CT molecular complexity index is 711. The van der Waals surface area contributed by atoms with Crippen LogP contribution in [0, 0.1) is 5.92 Å².